The van der Waals surface area contributed by atoms with Crippen LogP contribution in [-0.4, -0.2) is 51.9 Å². The van der Waals surface area contributed by atoms with Crippen LogP contribution >= 0.6 is 11.3 Å². The number of carbonyl (C=O) groups excluding carboxylic acids is 1. The summed E-state index contributed by atoms with van der Waals surface area (Å²) in [6, 6.07) is 9.55. The normalized spacial score (nSPS) is 16.1. The number of piperazine rings is 1. The molecule has 0 radical (unpaired) electrons. The van der Waals surface area contributed by atoms with Gasteiger partial charge < -0.3 is 9.80 Å². The molecule has 6 rings (SSSR count). The first-order chi connectivity index (χ1) is 16.6. The van der Waals surface area contributed by atoms with Crippen LogP contribution in [0.2, 0.25) is 0 Å². The average molecular weight is 472 g/mol. The molecular formula is C27H29N5OS. The number of benzene rings is 1. The van der Waals surface area contributed by atoms with E-state index in [1.165, 1.54) is 28.6 Å². The molecule has 0 atom stereocenters. The lowest BCUT2D eigenvalue weighted by Crippen LogP contribution is -2.49. The van der Waals surface area contributed by atoms with Crippen molar-refractivity contribution >= 4 is 43.5 Å². The smallest absolute Gasteiger partial charge is 0.253 e. The first-order valence-electron chi connectivity index (χ1n) is 12.3. The monoisotopic (exact) mass is 471 g/mol. The fraction of sp³-hybridized carbons (Fsp3) is 0.407. The second-order valence-electron chi connectivity index (χ2n) is 9.77. The summed E-state index contributed by atoms with van der Waals surface area (Å²) in [6.45, 7) is 7.45. The molecule has 0 spiro atoms. The minimum atomic E-state index is 0.104. The molecule has 1 fully saturated rings. The fourth-order valence-electron chi connectivity index (χ4n) is 5.43. The summed E-state index contributed by atoms with van der Waals surface area (Å²) in [6.07, 6.45) is 6.18. The van der Waals surface area contributed by atoms with Crippen molar-refractivity contribution in [2.45, 2.75) is 39.5 Å². The molecule has 1 amide bonds. The lowest BCUT2D eigenvalue weighted by molar-refractivity contribution is 0.0746. The van der Waals surface area contributed by atoms with Gasteiger partial charge in [0.15, 0.2) is 0 Å². The summed E-state index contributed by atoms with van der Waals surface area (Å²) >= 11 is 1.73. The standard InChI is InChI=1S/C27H29N5OS/c1-17(2)15-21-19-9-6-10-20(19)22-23-24(34-26(22)30-21)25(29-16-28-23)31-11-13-32(14-12-31)27(33)18-7-4-3-5-8-18/h3-5,7-8,16-17H,6,9-15H2,1-2H3. The number of fused-ring (bicyclic) bond motifs is 5. The number of hydrogen-bond acceptors (Lipinski definition) is 6. The molecule has 1 aliphatic carbocycles. The van der Waals surface area contributed by atoms with Gasteiger partial charge in [-0.25, -0.2) is 15.0 Å². The Morgan fingerprint density at radius 3 is 2.56 bits per heavy atom. The summed E-state index contributed by atoms with van der Waals surface area (Å²) in [4.78, 5) is 32.8. The molecule has 1 aromatic carbocycles. The van der Waals surface area contributed by atoms with Crippen LogP contribution in [0.25, 0.3) is 20.4 Å². The number of thiophene rings is 1. The van der Waals surface area contributed by atoms with Gasteiger partial charge in [-0.1, -0.05) is 32.0 Å². The van der Waals surface area contributed by atoms with Crippen LogP contribution in [0.15, 0.2) is 36.7 Å². The zero-order valence-corrected chi connectivity index (χ0v) is 20.6. The van der Waals surface area contributed by atoms with E-state index in [1.54, 1.807) is 17.7 Å². The number of aryl methyl sites for hydroxylation is 1. The van der Waals surface area contributed by atoms with Crippen molar-refractivity contribution in [2.75, 3.05) is 31.1 Å². The van der Waals surface area contributed by atoms with Crippen molar-refractivity contribution in [3.05, 3.63) is 59.0 Å². The number of nitrogens with zero attached hydrogens (tertiary/aromatic N) is 5. The maximum Gasteiger partial charge on any atom is 0.253 e. The van der Waals surface area contributed by atoms with Gasteiger partial charge >= 0.3 is 0 Å². The third-order valence-electron chi connectivity index (χ3n) is 7.03. The Balaban J connectivity index is 1.33. The Hall–Kier alpha value is -3.06. The molecule has 0 bridgehead atoms. The van der Waals surface area contributed by atoms with Crippen molar-refractivity contribution in [2.24, 2.45) is 5.92 Å². The highest BCUT2D eigenvalue weighted by Gasteiger charge is 2.28. The van der Waals surface area contributed by atoms with E-state index in [9.17, 15) is 4.79 Å². The SMILES string of the molecule is CC(C)Cc1nc2sc3c(N4CCN(C(=O)c5ccccc5)CC4)ncnc3c2c2c1CCC2. The number of carbonyl (C=O) groups is 1. The Bertz CT molecular complexity index is 1370. The zero-order valence-electron chi connectivity index (χ0n) is 19.8. The first-order valence-corrected chi connectivity index (χ1v) is 13.1. The minimum absolute atomic E-state index is 0.104. The molecule has 34 heavy (non-hydrogen) atoms. The van der Waals surface area contributed by atoms with Gasteiger partial charge in [0.05, 0.1) is 10.2 Å². The molecule has 0 N–H and O–H groups in total. The Labute approximate surface area is 203 Å². The van der Waals surface area contributed by atoms with Crippen molar-refractivity contribution in [3.63, 3.8) is 0 Å². The summed E-state index contributed by atoms with van der Waals surface area (Å²) < 4.78 is 1.13. The molecule has 1 aliphatic heterocycles. The fourth-order valence-corrected chi connectivity index (χ4v) is 6.63. The van der Waals surface area contributed by atoms with Crippen LogP contribution in [0.4, 0.5) is 5.82 Å². The highest BCUT2D eigenvalue weighted by Crippen LogP contribution is 2.42. The number of amides is 1. The van der Waals surface area contributed by atoms with Gasteiger partial charge in [-0.15, -0.1) is 11.3 Å². The average Bonchev–Trinajstić information content (AvgIpc) is 3.48. The lowest BCUT2D eigenvalue weighted by atomic mass is 9.99. The van der Waals surface area contributed by atoms with E-state index in [1.807, 2.05) is 35.2 Å². The van der Waals surface area contributed by atoms with Crippen molar-refractivity contribution < 1.29 is 4.79 Å². The number of aromatic nitrogens is 3. The van der Waals surface area contributed by atoms with E-state index >= 15 is 0 Å². The third-order valence-corrected chi connectivity index (χ3v) is 8.10. The number of pyridine rings is 1. The van der Waals surface area contributed by atoms with Gasteiger partial charge in [0.25, 0.3) is 5.91 Å². The number of rotatable bonds is 4. The van der Waals surface area contributed by atoms with E-state index in [0.29, 0.717) is 19.0 Å². The molecule has 3 aromatic heterocycles. The van der Waals surface area contributed by atoms with E-state index in [-0.39, 0.29) is 5.91 Å². The summed E-state index contributed by atoms with van der Waals surface area (Å²) in [5.41, 5.74) is 6.02. The molecule has 174 valence electrons. The molecule has 4 aromatic rings. The molecule has 4 heterocycles. The maximum atomic E-state index is 12.9. The molecule has 2 aliphatic rings. The molecule has 1 saturated heterocycles. The zero-order chi connectivity index (χ0) is 23.2. The molecular weight excluding hydrogens is 442 g/mol. The Morgan fingerprint density at radius 2 is 1.79 bits per heavy atom. The van der Waals surface area contributed by atoms with E-state index in [2.05, 4.69) is 18.7 Å². The second-order valence-corrected chi connectivity index (χ2v) is 10.8. The maximum absolute atomic E-state index is 12.9. The van der Waals surface area contributed by atoms with Gasteiger partial charge in [-0.2, -0.15) is 0 Å². The Kier molecular flexibility index (Phi) is 5.44. The van der Waals surface area contributed by atoms with Gasteiger partial charge in [-0.05, 0) is 54.9 Å². The largest absolute Gasteiger partial charge is 0.352 e. The lowest BCUT2D eigenvalue weighted by Gasteiger charge is -2.35. The van der Waals surface area contributed by atoms with Crippen LogP contribution in [-0.2, 0) is 19.3 Å². The first kappa shape index (κ1) is 21.5. The van der Waals surface area contributed by atoms with Crippen LogP contribution in [0.5, 0.6) is 0 Å². The predicted octanol–water partition coefficient (Wildman–Crippen LogP) is 4.89. The summed E-state index contributed by atoms with van der Waals surface area (Å²) in [5, 5.41) is 1.25. The van der Waals surface area contributed by atoms with Crippen molar-refractivity contribution in [3.8, 4) is 0 Å². The molecule has 0 saturated carbocycles. The van der Waals surface area contributed by atoms with Crippen LogP contribution < -0.4 is 4.90 Å². The van der Waals surface area contributed by atoms with Gasteiger partial charge in [0.2, 0.25) is 0 Å². The second kappa shape index (κ2) is 8.62. The van der Waals surface area contributed by atoms with E-state index in [0.717, 1.165) is 58.8 Å². The summed E-state index contributed by atoms with van der Waals surface area (Å²) in [7, 11) is 0. The van der Waals surface area contributed by atoms with Gasteiger partial charge in [0.1, 0.15) is 17.0 Å². The third kappa shape index (κ3) is 3.63. The van der Waals surface area contributed by atoms with Gasteiger partial charge in [-0.3, -0.25) is 4.79 Å². The van der Waals surface area contributed by atoms with Gasteiger partial charge in [0, 0.05) is 42.8 Å². The van der Waals surface area contributed by atoms with E-state index in [4.69, 9.17) is 15.0 Å². The predicted molar refractivity (Wildman–Crippen MR) is 138 cm³/mol. The number of hydrogen-bond donors (Lipinski definition) is 0. The highest BCUT2D eigenvalue weighted by molar-refractivity contribution is 7.26. The van der Waals surface area contributed by atoms with Crippen molar-refractivity contribution in [1.82, 2.24) is 19.9 Å². The van der Waals surface area contributed by atoms with Crippen molar-refractivity contribution in [1.29, 1.82) is 0 Å². The van der Waals surface area contributed by atoms with Crippen LogP contribution in [0, 0.1) is 5.92 Å². The number of anilines is 1. The summed E-state index contributed by atoms with van der Waals surface area (Å²) in [5.74, 6) is 1.68. The molecule has 7 heteroatoms. The highest BCUT2D eigenvalue weighted by atomic mass is 32.1. The topological polar surface area (TPSA) is 62.2 Å². The molecule has 0 unspecified atom stereocenters. The Morgan fingerprint density at radius 1 is 1.03 bits per heavy atom. The van der Waals surface area contributed by atoms with E-state index < -0.39 is 0 Å². The molecule has 6 nitrogen and oxygen atoms in total. The van der Waals surface area contributed by atoms with Crippen LogP contribution in [0.3, 0.4) is 0 Å². The van der Waals surface area contributed by atoms with Crippen LogP contribution in [0.1, 0.15) is 47.4 Å². The minimum Gasteiger partial charge on any atom is -0.352 e. The quantitative estimate of drug-likeness (QED) is 0.424.